The smallest absolute Gasteiger partial charge is 0.247 e. The predicted molar refractivity (Wildman–Crippen MR) is 74.1 cm³/mol. The topological polar surface area (TPSA) is 51.0 Å². The van der Waals surface area contributed by atoms with Crippen LogP contribution in [0, 0.1) is 0 Å². The minimum Gasteiger partial charge on any atom is -0.419 e. The van der Waals surface area contributed by atoms with Crippen molar-refractivity contribution in [3.63, 3.8) is 0 Å². The summed E-state index contributed by atoms with van der Waals surface area (Å²) in [6.45, 7) is 5.09. The number of hydrogen-bond donors (Lipinski definition) is 1. The molecule has 0 saturated heterocycles. The third-order valence-electron chi connectivity index (χ3n) is 2.60. The molecule has 0 saturated carbocycles. The Labute approximate surface area is 115 Å². The average Bonchev–Trinajstić information content (AvgIpc) is 2.86. The van der Waals surface area contributed by atoms with Crippen LogP contribution in [0.2, 0.25) is 0 Å². The maximum atomic E-state index is 5.67. The summed E-state index contributed by atoms with van der Waals surface area (Å²) in [6, 6.07) is 7.90. The zero-order valence-corrected chi connectivity index (χ0v) is 12.1. The molecule has 0 fully saturated rings. The van der Waals surface area contributed by atoms with E-state index in [1.165, 1.54) is 0 Å². The molecule has 0 aliphatic carbocycles. The van der Waals surface area contributed by atoms with Gasteiger partial charge < -0.3 is 9.73 Å². The normalized spacial score (nSPS) is 12.6. The van der Waals surface area contributed by atoms with Gasteiger partial charge in [0.05, 0.1) is 6.04 Å². The Morgan fingerprint density at radius 2 is 2.00 bits per heavy atom. The molecule has 1 atom stereocenters. The van der Waals surface area contributed by atoms with Crippen LogP contribution in [-0.4, -0.2) is 16.7 Å². The second-order valence-corrected chi connectivity index (χ2v) is 5.04. The summed E-state index contributed by atoms with van der Waals surface area (Å²) in [7, 11) is 0. The molecule has 0 radical (unpaired) electrons. The van der Waals surface area contributed by atoms with Gasteiger partial charge in [0, 0.05) is 10.0 Å². The van der Waals surface area contributed by atoms with Gasteiger partial charge in [-0.2, -0.15) is 0 Å². The van der Waals surface area contributed by atoms with Crippen LogP contribution in [0.25, 0.3) is 11.5 Å². The third kappa shape index (κ3) is 3.17. The van der Waals surface area contributed by atoms with Gasteiger partial charge in [-0.25, -0.2) is 0 Å². The summed E-state index contributed by atoms with van der Waals surface area (Å²) >= 11 is 3.40. The molecular formula is C13H16BrN3O. The van der Waals surface area contributed by atoms with E-state index in [1.54, 1.807) is 0 Å². The van der Waals surface area contributed by atoms with E-state index in [9.17, 15) is 0 Å². The first-order chi connectivity index (χ1) is 8.70. The van der Waals surface area contributed by atoms with Crippen LogP contribution >= 0.6 is 15.9 Å². The lowest BCUT2D eigenvalue weighted by molar-refractivity contribution is 0.423. The SMILES string of the molecule is CCCNC(C)c1nnc(-c2ccc(Br)cc2)o1. The molecule has 2 rings (SSSR count). The number of halogens is 1. The Kier molecular flexibility index (Phi) is 4.49. The molecule has 0 aliphatic rings. The van der Waals surface area contributed by atoms with Crippen LogP contribution in [0.15, 0.2) is 33.2 Å². The van der Waals surface area contributed by atoms with E-state index < -0.39 is 0 Å². The summed E-state index contributed by atoms with van der Waals surface area (Å²) in [5.41, 5.74) is 0.930. The van der Waals surface area contributed by atoms with Crippen molar-refractivity contribution in [3.05, 3.63) is 34.6 Å². The van der Waals surface area contributed by atoms with Gasteiger partial charge >= 0.3 is 0 Å². The molecule has 2 aromatic rings. The molecule has 1 heterocycles. The van der Waals surface area contributed by atoms with E-state index in [1.807, 2.05) is 31.2 Å². The molecule has 0 aliphatic heterocycles. The van der Waals surface area contributed by atoms with Gasteiger partial charge in [0.1, 0.15) is 0 Å². The molecule has 0 spiro atoms. The Bertz CT molecular complexity index is 495. The van der Waals surface area contributed by atoms with Gasteiger partial charge in [-0.15, -0.1) is 10.2 Å². The number of aromatic nitrogens is 2. The van der Waals surface area contributed by atoms with E-state index in [4.69, 9.17) is 4.42 Å². The number of benzene rings is 1. The van der Waals surface area contributed by atoms with E-state index >= 15 is 0 Å². The molecule has 1 aromatic carbocycles. The van der Waals surface area contributed by atoms with Crippen LogP contribution < -0.4 is 5.32 Å². The van der Waals surface area contributed by atoms with Gasteiger partial charge in [0.25, 0.3) is 0 Å². The quantitative estimate of drug-likeness (QED) is 0.917. The largest absolute Gasteiger partial charge is 0.419 e. The summed E-state index contributed by atoms with van der Waals surface area (Å²) < 4.78 is 6.70. The second kappa shape index (κ2) is 6.11. The van der Waals surface area contributed by atoms with E-state index in [0.29, 0.717) is 11.8 Å². The first-order valence-corrected chi connectivity index (χ1v) is 6.82. The number of nitrogens with one attached hydrogen (secondary N) is 1. The molecule has 18 heavy (non-hydrogen) atoms. The number of rotatable bonds is 5. The highest BCUT2D eigenvalue weighted by molar-refractivity contribution is 9.10. The fourth-order valence-corrected chi connectivity index (χ4v) is 1.83. The van der Waals surface area contributed by atoms with Crippen molar-refractivity contribution in [2.24, 2.45) is 0 Å². The van der Waals surface area contributed by atoms with Gasteiger partial charge in [-0.1, -0.05) is 22.9 Å². The fourth-order valence-electron chi connectivity index (χ4n) is 1.57. The van der Waals surface area contributed by atoms with Crippen molar-refractivity contribution in [2.75, 3.05) is 6.54 Å². The third-order valence-corrected chi connectivity index (χ3v) is 3.13. The summed E-state index contributed by atoms with van der Waals surface area (Å²) in [4.78, 5) is 0. The molecule has 1 N–H and O–H groups in total. The number of hydrogen-bond acceptors (Lipinski definition) is 4. The minimum absolute atomic E-state index is 0.0849. The molecule has 96 valence electrons. The van der Waals surface area contributed by atoms with E-state index in [-0.39, 0.29) is 6.04 Å². The van der Waals surface area contributed by atoms with E-state index in [0.717, 1.165) is 23.0 Å². The highest BCUT2D eigenvalue weighted by Gasteiger charge is 2.13. The van der Waals surface area contributed by atoms with Crippen molar-refractivity contribution < 1.29 is 4.42 Å². The van der Waals surface area contributed by atoms with Crippen molar-refractivity contribution in [1.82, 2.24) is 15.5 Å². The van der Waals surface area contributed by atoms with Gasteiger partial charge in [-0.05, 0) is 44.2 Å². The lowest BCUT2D eigenvalue weighted by Gasteiger charge is -2.07. The van der Waals surface area contributed by atoms with Crippen LogP contribution in [0.5, 0.6) is 0 Å². The molecule has 4 nitrogen and oxygen atoms in total. The maximum Gasteiger partial charge on any atom is 0.247 e. The van der Waals surface area contributed by atoms with Crippen LogP contribution in [-0.2, 0) is 0 Å². The first kappa shape index (κ1) is 13.2. The highest BCUT2D eigenvalue weighted by atomic mass is 79.9. The Balaban J connectivity index is 2.12. The van der Waals surface area contributed by atoms with Gasteiger partial charge in [0.15, 0.2) is 0 Å². The maximum absolute atomic E-state index is 5.67. The van der Waals surface area contributed by atoms with Gasteiger partial charge in [-0.3, -0.25) is 0 Å². The fraction of sp³-hybridized carbons (Fsp3) is 0.385. The lowest BCUT2D eigenvalue weighted by Crippen LogP contribution is -2.19. The Hall–Kier alpha value is -1.20. The van der Waals surface area contributed by atoms with E-state index in [2.05, 4.69) is 38.4 Å². The summed E-state index contributed by atoms with van der Waals surface area (Å²) in [5, 5.41) is 11.5. The second-order valence-electron chi connectivity index (χ2n) is 4.13. The van der Waals surface area contributed by atoms with Crippen LogP contribution in [0.4, 0.5) is 0 Å². The standard InChI is InChI=1S/C13H16BrN3O/c1-3-8-15-9(2)12-16-17-13(18-12)10-4-6-11(14)7-5-10/h4-7,9,15H,3,8H2,1-2H3. The molecule has 1 aromatic heterocycles. The average molecular weight is 310 g/mol. The zero-order chi connectivity index (χ0) is 13.0. The summed E-state index contributed by atoms with van der Waals surface area (Å²) in [6.07, 6.45) is 1.08. The molecule has 5 heteroatoms. The Morgan fingerprint density at radius 3 is 2.67 bits per heavy atom. The van der Waals surface area contributed by atoms with Crippen LogP contribution in [0.3, 0.4) is 0 Å². The molecule has 0 amide bonds. The zero-order valence-electron chi connectivity index (χ0n) is 10.5. The van der Waals surface area contributed by atoms with Crippen molar-refractivity contribution in [2.45, 2.75) is 26.3 Å². The first-order valence-electron chi connectivity index (χ1n) is 6.03. The van der Waals surface area contributed by atoms with Crippen molar-refractivity contribution >= 4 is 15.9 Å². The number of nitrogens with zero attached hydrogens (tertiary/aromatic N) is 2. The molecule has 0 bridgehead atoms. The van der Waals surface area contributed by atoms with Gasteiger partial charge in [0.2, 0.25) is 11.8 Å². The highest BCUT2D eigenvalue weighted by Crippen LogP contribution is 2.22. The predicted octanol–water partition coefficient (Wildman–Crippen LogP) is 3.56. The molecule has 1 unspecified atom stereocenters. The summed E-state index contributed by atoms with van der Waals surface area (Å²) in [5.74, 6) is 1.18. The minimum atomic E-state index is 0.0849. The monoisotopic (exact) mass is 309 g/mol. The lowest BCUT2D eigenvalue weighted by atomic mass is 10.2. The Morgan fingerprint density at radius 1 is 1.28 bits per heavy atom. The van der Waals surface area contributed by atoms with Crippen LogP contribution in [0.1, 0.15) is 32.2 Å². The molecular weight excluding hydrogens is 294 g/mol. The van der Waals surface area contributed by atoms with Crippen molar-refractivity contribution in [3.8, 4) is 11.5 Å². The van der Waals surface area contributed by atoms with Crippen molar-refractivity contribution in [1.29, 1.82) is 0 Å².